The number of hydrogen-bond acceptors (Lipinski definition) is 4. The van der Waals surface area contributed by atoms with Crippen molar-refractivity contribution in [2.24, 2.45) is 10.9 Å². The molecule has 1 aromatic rings. The summed E-state index contributed by atoms with van der Waals surface area (Å²) >= 11 is 0. The van der Waals surface area contributed by atoms with Gasteiger partial charge >= 0.3 is 0 Å². The van der Waals surface area contributed by atoms with Crippen molar-refractivity contribution in [2.45, 2.75) is 18.8 Å². The third kappa shape index (κ3) is 1.26. The van der Waals surface area contributed by atoms with Crippen LogP contribution in [0.25, 0.3) is 0 Å². The van der Waals surface area contributed by atoms with Gasteiger partial charge in [-0.15, -0.1) is 0 Å². The Kier molecular flexibility index (Phi) is 2.02. The van der Waals surface area contributed by atoms with Gasteiger partial charge in [0.25, 0.3) is 0 Å². The Balaban J connectivity index is 2.10. The lowest BCUT2D eigenvalue weighted by Crippen LogP contribution is -2.31. The number of ketones is 1. The fraction of sp³-hybridized carbons (Fsp3) is 0.417. The number of hydrogen-bond donors (Lipinski definition) is 0. The second-order valence-corrected chi connectivity index (χ2v) is 4.21. The summed E-state index contributed by atoms with van der Waals surface area (Å²) in [5.74, 6) is 1.05. The van der Waals surface area contributed by atoms with Crippen LogP contribution >= 0.6 is 0 Å². The first kappa shape index (κ1) is 9.51. The van der Waals surface area contributed by atoms with Gasteiger partial charge in [-0.3, -0.25) is 9.79 Å². The van der Waals surface area contributed by atoms with Crippen LogP contribution in [0.5, 0.6) is 5.88 Å². The number of nitrogens with zero attached hydrogens (tertiary/aromatic N) is 2. The second kappa shape index (κ2) is 3.40. The Morgan fingerprint density at radius 1 is 1.31 bits per heavy atom. The Bertz CT molecular complexity index is 482. The highest BCUT2D eigenvalue weighted by molar-refractivity contribution is 6.29. The van der Waals surface area contributed by atoms with Gasteiger partial charge in [0.2, 0.25) is 5.88 Å². The predicted octanol–water partition coefficient (Wildman–Crippen LogP) is 1.87. The molecule has 3 rings (SSSR count). The maximum Gasteiger partial charge on any atom is 0.213 e. The minimum Gasteiger partial charge on any atom is -0.481 e. The molecule has 0 N–H and O–H groups in total. The average Bonchev–Trinajstić information content (AvgIpc) is 2.33. The molecule has 4 heteroatoms. The molecule has 4 nitrogen and oxygen atoms in total. The van der Waals surface area contributed by atoms with E-state index in [-0.39, 0.29) is 17.6 Å². The van der Waals surface area contributed by atoms with Gasteiger partial charge in [-0.05, 0) is 18.9 Å². The first-order chi connectivity index (χ1) is 7.79. The van der Waals surface area contributed by atoms with Gasteiger partial charge < -0.3 is 4.74 Å². The molecular weight excluding hydrogens is 204 g/mol. The van der Waals surface area contributed by atoms with Crippen molar-refractivity contribution in [3.05, 3.63) is 17.8 Å². The van der Waals surface area contributed by atoms with E-state index in [9.17, 15) is 4.79 Å². The molecule has 0 bridgehead atoms. The van der Waals surface area contributed by atoms with E-state index in [1.807, 2.05) is 6.07 Å². The number of carbonyl (C=O) groups excluding carboxylic acids is 1. The molecule has 2 atom stereocenters. The van der Waals surface area contributed by atoms with Crippen LogP contribution in [-0.2, 0) is 4.79 Å². The molecule has 1 unspecified atom stereocenters. The minimum atomic E-state index is 0.0876. The zero-order valence-corrected chi connectivity index (χ0v) is 9.01. The van der Waals surface area contributed by atoms with Gasteiger partial charge in [0.15, 0.2) is 5.78 Å². The number of methoxy groups -OCH3 is 1. The molecular formula is C12H12N2O2. The van der Waals surface area contributed by atoms with E-state index in [1.54, 1.807) is 13.2 Å². The Morgan fingerprint density at radius 2 is 2.12 bits per heavy atom. The lowest BCUT2D eigenvalue weighted by Gasteiger charge is -2.33. The molecule has 1 fully saturated rings. The number of rotatable bonds is 1. The number of ether oxygens (including phenoxy) is 1. The zero-order chi connectivity index (χ0) is 11.1. The highest BCUT2D eigenvalue weighted by Crippen LogP contribution is 2.46. The lowest BCUT2D eigenvalue weighted by atomic mass is 9.70. The van der Waals surface area contributed by atoms with Crippen LogP contribution < -0.4 is 4.74 Å². The average molecular weight is 216 g/mol. The zero-order valence-electron chi connectivity index (χ0n) is 9.01. The van der Waals surface area contributed by atoms with Crippen molar-refractivity contribution >= 4 is 17.7 Å². The number of Topliss-reactive ketones (excluding diaryl/α,β-unsaturated/α-hetero) is 1. The van der Waals surface area contributed by atoms with Crippen molar-refractivity contribution in [1.82, 2.24) is 4.98 Å². The molecule has 0 aromatic carbocycles. The molecule has 0 radical (unpaired) electrons. The summed E-state index contributed by atoms with van der Waals surface area (Å²) in [4.78, 5) is 20.3. The van der Waals surface area contributed by atoms with Crippen LogP contribution in [0.2, 0.25) is 0 Å². The third-order valence-electron chi connectivity index (χ3n) is 3.41. The van der Waals surface area contributed by atoms with Crippen molar-refractivity contribution in [3.8, 4) is 5.88 Å². The molecule has 1 saturated carbocycles. The Hall–Kier alpha value is -1.71. The summed E-state index contributed by atoms with van der Waals surface area (Å²) in [7, 11) is 1.60. The number of pyridine rings is 1. The molecule has 2 heterocycles. The van der Waals surface area contributed by atoms with E-state index >= 15 is 0 Å². The van der Waals surface area contributed by atoms with Crippen LogP contribution in [0.15, 0.2) is 17.1 Å². The molecule has 16 heavy (non-hydrogen) atoms. The number of aromatic nitrogens is 1. The molecule has 2 aliphatic rings. The van der Waals surface area contributed by atoms with Crippen LogP contribution in [0, 0.1) is 5.92 Å². The van der Waals surface area contributed by atoms with Gasteiger partial charge in [-0.25, -0.2) is 4.98 Å². The first-order valence-electron chi connectivity index (χ1n) is 5.42. The molecule has 0 amide bonds. The lowest BCUT2D eigenvalue weighted by molar-refractivity contribution is -0.119. The van der Waals surface area contributed by atoms with Gasteiger partial charge in [-0.1, -0.05) is 0 Å². The van der Waals surface area contributed by atoms with Crippen LogP contribution in [-0.4, -0.2) is 24.1 Å². The maximum atomic E-state index is 11.7. The van der Waals surface area contributed by atoms with E-state index in [4.69, 9.17) is 4.74 Å². The molecule has 0 spiro atoms. The van der Waals surface area contributed by atoms with Crippen molar-refractivity contribution < 1.29 is 9.53 Å². The summed E-state index contributed by atoms with van der Waals surface area (Å²) in [5, 5.41) is 0. The van der Waals surface area contributed by atoms with Crippen LogP contribution in [0.4, 0.5) is 5.69 Å². The maximum absolute atomic E-state index is 11.7. The third-order valence-corrected chi connectivity index (χ3v) is 3.41. The van der Waals surface area contributed by atoms with Gasteiger partial charge in [0.1, 0.15) is 0 Å². The van der Waals surface area contributed by atoms with Gasteiger partial charge in [0, 0.05) is 17.9 Å². The Morgan fingerprint density at radius 3 is 2.81 bits per heavy atom. The van der Waals surface area contributed by atoms with Crippen molar-refractivity contribution in [3.63, 3.8) is 0 Å². The topological polar surface area (TPSA) is 51.5 Å². The second-order valence-electron chi connectivity index (χ2n) is 4.21. The molecule has 1 aromatic heterocycles. The van der Waals surface area contributed by atoms with Crippen LogP contribution in [0.3, 0.4) is 0 Å². The number of aliphatic imine (C=N–C) groups is 1. The summed E-state index contributed by atoms with van der Waals surface area (Å²) in [6.07, 6.45) is 3.41. The summed E-state index contributed by atoms with van der Waals surface area (Å²) < 4.78 is 5.11. The summed E-state index contributed by atoms with van der Waals surface area (Å²) in [6.45, 7) is 0. The number of carbonyl (C=O) groups is 1. The van der Waals surface area contributed by atoms with E-state index in [0.29, 0.717) is 5.88 Å². The van der Waals surface area contributed by atoms with E-state index in [2.05, 4.69) is 9.98 Å². The molecule has 0 saturated heterocycles. The van der Waals surface area contributed by atoms with E-state index < -0.39 is 0 Å². The van der Waals surface area contributed by atoms with E-state index in [1.165, 1.54) is 6.21 Å². The smallest absolute Gasteiger partial charge is 0.213 e. The quantitative estimate of drug-likeness (QED) is 0.720. The summed E-state index contributed by atoms with van der Waals surface area (Å²) in [6, 6.07) is 3.64. The molecule has 1 aliphatic heterocycles. The minimum absolute atomic E-state index is 0.0876. The summed E-state index contributed by atoms with van der Waals surface area (Å²) in [5.41, 5.74) is 1.72. The van der Waals surface area contributed by atoms with Gasteiger partial charge in [-0.2, -0.15) is 0 Å². The van der Waals surface area contributed by atoms with E-state index in [0.717, 1.165) is 24.2 Å². The fourth-order valence-corrected chi connectivity index (χ4v) is 2.34. The standard InChI is InChI=1S/C12H12N2O2/c1-16-11-5-4-9-12(14-11)8-3-2-7(8)10(15)6-13-9/h4-8H,2-3H2,1H3/t7-,8?/m0/s1. The van der Waals surface area contributed by atoms with Crippen molar-refractivity contribution in [1.29, 1.82) is 0 Å². The largest absolute Gasteiger partial charge is 0.481 e. The Labute approximate surface area is 93.4 Å². The highest BCUT2D eigenvalue weighted by Gasteiger charge is 2.40. The first-order valence-corrected chi connectivity index (χ1v) is 5.42. The molecule has 1 aliphatic carbocycles. The van der Waals surface area contributed by atoms with Crippen molar-refractivity contribution in [2.75, 3.05) is 7.11 Å². The number of fused-ring (bicyclic) bond motifs is 3. The highest BCUT2D eigenvalue weighted by atomic mass is 16.5. The normalized spacial score (nSPS) is 26.4. The van der Waals surface area contributed by atoms with Gasteiger partial charge in [0.05, 0.1) is 24.7 Å². The van der Waals surface area contributed by atoms with Crippen LogP contribution in [0.1, 0.15) is 24.5 Å². The predicted molar refractivity (Wildman–Crippen MR) is 59.4 cm³/mol. The SMILES string of the molecule is COc1ccc2c(n1)C1CC[C@@H]1C(=O)C=N2. The molecule has 82 valence electrons. The monoisotopic (exact) mass is 216 g/mol. The fourth-order valence-electron chi connectivity index (χ4n) is 2.34.